The summed E-state index contributed by atoms with van der Waals surface area (Å²) in [5.41, 5.74) is 0. The molecule has 72 valence electrons. The van der Waals surface area contributed by atoms with E-state index in [4.69, 9.17) is 4.74 Å². The molecule has 1 aliphatic rings. The monoisotopic (exact) mass is 170 g/mol. The van der Waals surface area contributed by atoms with Crippen LogP contribution in [0, 0.1) is 17.8 Å². The fourth-order valence-corrected chi connectivity index (χ4v) is 1.80. The van der Waals surface area contributed by atoms with Crippen LogP contribution in [0.25, 0.3) is 0 Å². The van der Waals surface area contributed by atoms with Gasteiger partial charge in [-0.25, -0.2) is 0 Å². The molecule has 3 unspecified atom stereocenters. The van der Waals surface area contributed by atoms with Crippen LogP contribution < -0.4 is 0 Å². The van der Waals surface area contributed by atoms with Gasteiger partial charge in [0.05, 0.1) is 6.10 Å². The van der Waals surface area contributed by atoms with Gasteiger partial charge in [-0.2, -0.15) is 0 Å². The highest BCUT2D eigenvalue weighted by atomic mass is 16.5. The van der Waals surface area contributed by atoms with Gasteiger partial charge in [-0.05, 0) is 30.6 Å². The van der Waals surface area contributed by atoms with Gasteiger partial charge in [0.25, 0.3) is 0 Å². The van der Waals surface area contributed by atoms with Crippen molar-refractivity contribution in [2.24, 2.45) is 17.8 Å². The minimum absolute atomic E-state index is 0.522. The third-order valence-electron chi connectivity index (χ3n) is 3.22. The molecule has 0 radical (unpaired) electrons. The summed E-state index contributed by atoms with van der Waals surface area (Å²) in [5, 5.41) is 0. The van der Waals surface area contributed by atoms with Gasteiger partial charge in [0, 0.05) is 6.61 Å². The molecular formula is C11H22O. The van der Waals surface area contributed by atoms with E-state index in [1.54, 1.807) is 0 Å². The van der Waals surface area contributed by atoms with Gasteiger partial charge in [-0.3, -0.25) is 0 Å². The Bertz CT molecular complexity index is 131. The second-order valence-corrected chi connectivity index (χ2v) is 4.64. The van der Waals surface area contributed by atoms with Crippen molar-refractivity contribution < 1.29 is 4.74 Å². The highest BCUT2D eigenvalue weighted by molar-refractivity contribution is 4.75. The maximum atomic E-state index is 5.77. The minimum atomic E-state index is 0.522. The van der Waals surface area contributed by atoms with Gasteiger partial charge < -0.3 is 4.74 Å². The maximum Gasteiger partial charge on any atom is 0.0605 e. The van der Waals surface area contributed by atoms with Crippen molar-refractivity contribution in [2.45, 2.75) is 46.6 Å². The lowest BCUT2D eigenvalue weighted by Crippen LogP contribution is -2.32. The van der Waals surface area contributed by atoms with E-state index < -0.39 is 0 Å². The van der Waals surface area contributed by atoms with Gasteiger partial charge in [0.1, 0.15) is 0 Å². The van der Waals surface area contributed by atoms with Crippen molar-refractivity contribution in [1.82, 2.24) is 0 Å². The predicted octanol–water partition coefficient (Wildman–Crippen LogP) is 3.09. The van der Waals surface area contributed by atoms with E-state index in [9.17, 15) is 0 Å². The van der Waals surface area contributed by atoms with Crippen molar-refractivity contribution in [3.05, 3.63) is 0 Å². The third kappa shape index (κ3) is 2.48. The van der Waals surface area contributed by atoms with Crippen LogP contribution in [0.2, 0.25) is 0 Å². The SMILES string of the molecule is CC1CCOC(C(C)C(C)C)C1. The lowest BCUT2D eigenvalue weighted by atomic mass is 9.85. The Morgan fingerprint density at radius 3 is 2.42 bits per heavy atom. The van der Waals surface area contributed by atoms with Crippen LogP contribution >= 0.6 is 0 Å². The van der Waals surface area contributed by atoms with Gasteiger partial charge in [0.15, 0.2) is 0 Å². The average molecular weight is 170 g/mol. The summed E-state index contributed by atoms with van der Waals surface area (Å²) in [6.07, 6.45) is 3.04. The quantitative estimate of drug-likeness (QED) is 0.619. The summed E-state index contributed by atoms with van der Waals surface area (Å²) >= 11 is 0. The molecule has 12 heavy (non-hydrogen) atoms. The largest absolute Gasteiger partial charge is 0.378 e. The Morgan fingerprint density at radius 1 is 1.25 bits per heavy atom. The smallest absolute Gasteiger partial charge is 0.0605 e. The Kier molecular flexibility index (Phi) is 3.57. The fraction of sp³-hybridized carbons (Fsp3) is 1.00. The number of hydrogen-bond acceptors (Lipinski definition) is 1. The highest BCUT2D eigenvalue weighted by Gasteiger charge is 2.26. The molecule has 1 rings (SSSR count). The fourth-order valence-electron chi connectivity index (χ4n) is 1.80. The second-order valence-electron chi connectivity index (χ2n) is 4.64. The van der Waals surface area contributed by atoms with Crippen molar-refractivity contribution >= 4 is 0 Å². The second kappa shape index (κ2) is 4.27. The van der Waals surface area contributed by atoms with Crippen LogP contribution in [0.3, 0.4) is 0 Å². The first-order valence-corrected chi connectivity index (χ1v) is 5.23. The molecule has 0 bridgehead atoms. The van der Waals surface area contributed by atoms with Gasteiger partial charge >= 0.3 is 0 Å². The zero-order valence-electron chi connectivity index (χ0n) is 8.84. The molecule has 0 spiro atoms. The molecule has 1 heteroatoms. The number of ether oxygens (including phenoxy) is 1. The Labute approximate surface area is 76.5 Å². The molecule has 1 nitrogen and oxygen atoms in total. The molecule has 1 saturated heterocycles. The summed E-state index contributed by atoms with van der Waals surface area (Å²) in [6, 6.07) is 0. The third-order valence-corrected chi connectivity index (χ3v) is 3.22. The summed E-state index contributed by atoms with van der Waals surface area (Å²) < 4.78 is 5.77. The van der Waals surface area contributed by atoms with Crippen LogP contribution in [0.4, 0.5) is 0 Å². The first-order valence-electron chi connectivity index (χ1n) is 5.23. The van der Waals surface area contributed by atoms with E-state index in [1.165, 1.54) is 12.8 Å². The van der Waals surface area contributed by atoms with E-state index in [-0.39, 0.29) is 0 Å². The lowest BCUT2D eigenvalue weighted by molar-refractivity contribution is -0.0451. The molecule has 1 aliphatic heterocycles. The van der Waals surface area contributed by atoms with Crippen LogP contribution in [0.5, 0.6) is 0 Å². The first-order chi connectivity index (χ1) is 5.61. The van der Waals surface area contributed by atoms with Crippen LogP contribution in [0.15, 0.2) is 0 Å². The minimum Gasteiger partial charge on any atom is -0.378 e. The van der Waals surface area contributed by atoms with Crippen molar-refractivity contribution in [2.75, 3.05) is 6.61 Å². The predicted molar refractivity (Wildman–Crippen MR) is 52.1 cm³/mol. The molecule has 0 aromatic heterocycles. The van der Waals surface area contributed by atoms with Crippen molar-refractivity contribution in [1.29, 1.82) is 0 Å². The summed E-state index contributed by atoms with van der Waals surface area (Å²) in [6.45, 7) is 10.2. The zero-order valence-corrected chi connectivity index (χ0v) is 8.84. The molecule has 3 atom stereocenters. The van der Waals surface area contributed by atoms with Crippen LogP contribution in [-0.2, 0) is 4.74 Å². The summed E-state index contributed by atoms with van der Waals surface area (Å²) in [5.74, 6) is 2.33. The molecule has 0 saturated carbocycles. The molecule has 0 N–H and O–H groups in total. The summed E-state index contributed by atoms with van der Waals surface area (Å²) in [4.78, 5) is 0. The van der Waals surface area contributed by atoms with E-state index in [1.807, 2.05) is 0 Å². The Morgan fingerprint density at radius 2 is 1.92 bits per heavy atom. The van der Waals surface area contributed by atoms with Gasteiger partial charge in [0.2, 0.25) is 0 Å². The van der Waals surface area contributed by atoms with Gasteiger partial charge in [-0.1, -0.05) is 27.7 Å². The molecule has 1 fully saturated rings. The lowest BCUT2D eigenvalue weighted by Gasteiger charge is -2.33. The highest BCUT2D eigenvalue weighted by Crippen LogP contribution is 2.28. The average Bonchev–Trinajstić information content (AvgIpc) is 2.03. The van der Waals surface area contributed by atoms with E-state index in [0.717, 1.165) is 18.4 Å². The number of hydrogen-bond donors (Lipinski definition) is 0. The molecular weight excluding hydrogens is 148 g/mol. The Hall–Kier alpha value is -0.0400. The Balaban J connectivity index is 2.40. The standard InChI is InChI=1S/C11H22O/c1-8(2)10(4)11-7-9(3)5-6-12-11/h8-11H,5-7H2,1-4H3. The van der Waals surface area contributed by atoms with Crippen LogP contribution in [-0.4, -0.2) is 12.7 Å². The van der Waals surface area contributed by atoms with Gasteiger partial charge in [-0.15, -0.1) is 0 Å². The van der Waals surface area contributed by atoms with Crippen molar-refractivity contribution in [3.8, 4) is 0 Å². The molecule has 0 aliphatic carbocycles. The maximum absolute atomic E-state index is 5.77. The van der Waals surface area contributed by atoms with Crippen molar-refractivity contribution in [3.63, 3.8) is 0 Å². The van der Waals surface area contributed by atoms with Crippen LogP contribution in [0.1, 0.15) is 40.5 Å². The van der Waals surface area contributed by atoms with E-state index in [0.29, 0.717) is 12.0 Å². The molecule has 0 amide bonds. The van der Waals surface area contributed by atoms with E-state index in [2.05, 4.69) is 27.7 Å². The molecule has 0 aromatic rings. The summed E-state index contributed by atoms with van der Waals surface area (Å²) in [7, 11) is 0. The first kappa shape index (κ1) is 10.0. The molecule has 1 heterocycles. The topological polar surface area (TPSA) is 9.23 Å². The van der Waals surface area contributed by atoms with E-state index >= 15 is 0 Å². The number of rotatable bonds is 2. The zero-order chi connectivity index (χ0) is 9.14. The normalized spacial score (nSPS) is 33.8. The molecule has 0 aromatic carbocycles.